The van der Waals surface area contributed by atoms with Crippen LogP contribution in [0.2, 0.25) is 0 Å². The minimum atomic E-state index is -0.123. The molecule has 164 valence electrons. The first-order valence-electron chi connectivity index (χ1n) is 11.1. The van der Waals surface area contributed by atoms with Gasteiger partial charge in [0.1, 0.15) is 5.82 Å². The molecule has 0 spiro atoms. The molecule has 9 heteroatoms. The van der Waals surface area contributed by atoms with E-state index >= 15 is 0 Å². The molecule has 3 aliphatic heterocycles. The molecule has 6 rings (SSSR count). The first kappa shape index (κ1) is 19.1. The van der Waals surface area contributed by atoms with Gasteiger partial charge in [-0.05, 0) is 56.0 Å². The van der Waals surface area contributed by atoms with Crippen molar-refractivity contribution < 1.29 is 14.3 Å². The molecular formula is C23H24N6O3. The SMILES string of the molecule is Cc1nn(-c2ccc(N3CCCCC3)nn2)c2c1[C@H](c1ccc3c(c1)OCO3)CC(=O)N2. The van der Waals surface area contributed by atoms with E-state index in [4.69, 9.17) is 14.6 Å². The van der Waals surface area contributed by atoms with Gasteiger partial charge in [0.05, 0.1) is 5.69 Å². The van der Waals surface area contributed by atoms with Gasteiger partial charge in [0.2, 0.25) is 12.7 Å². The topological polar surface area (TPSA) is 94.4 Å². The van der Waals surface area contributed by atoms with Crippen molar-refractivity contribution >= 4 is 17.5 Å². The summed E-state index contributed by atoms with van der Waals surface area (Å²) in [5.41, 5.74) is 2.84. The van der Waals surface area contributed by atoms with Crippen molar-refractivity contribution in [1.29, 1.82) is 0 Å². The lowest BCUT2D eigenvalue weighted by Gasteiger charge is -2.27. The highest BCUT2D eigenvalue weighted by molar-refractivity contribution is 5.95. The zero-order chi connectivity index (χ0) is 21.7. The third-order valence-corrected chi connectivity index (χ3v) is 6.43. The molecule has 3 aromatic rings. The number of nitrogens with zero attached hydrogens (tertiary/aromatic N) is 5. The quantitative estimate of drug-likeness (QED) is 0.679. The molecule has 9 nitrogen and oxygen atoms in total. The highest BCUT2D eigenvalue weighted by atomic mass is 16.7. The predicted molar refractivity (Wildman–Crippen MR) is 118 cm³/mol. The number of hydrogen-bond donors (Lipinski definition) is 1. The molecule has 1 aromatic carbocycles. The molecule has 0 radical (unpaired) electrons. The summed E-state index contributed by atoms with van der Waals surface area (Å²) in [4.78, 5) is 14.9. The number of carbonyl (C=O) groups is 1. The lowest BCUT2D eigenvalue weighted by atomic mass is 9.85. The van der Waals surface area contributed by atoms with Gasteiger partial charge < -0.3 is 19.7 Å². The maximum atomic E-state index is 12.6. The van der Waals surface area contributed by atoms with E-state index in [2.05, 4.69) is 20.4 Å². The van der Waals surface area contributed by atoms with Crippen molar-refractivity contribution in [2.24, 2.45) is 0 Å². The molecule has 1 amide bonds. The Labute approximate surface area is 185 Å². The molecule has 0 unspecified atom stereocenters. The molecule has 0 aliphatic carbocycles. The Kier molecular flexibility index (Phi) is 4.48. The minimum absolute atomic E-state index is 0.0563. The lowest BCUT2D eigenvalue weighted by molar-refractivity contribution is -0.116. The van der Waals surface area contributed by atoms with Gasteiger partial charge in [-0.3, -0.25) is 4.79 Å². The van der Waals surface area contributed by atoms with Gasteiger partial charge in [-0.2, -0.15) is 9.78 Å². The van der Waals surface area contributed by atoms with Crippen LogP contribution in [-0.4, -0.2) is 45.8 Å². The standard InChI is InChI=1S/C23H24N6O3/c1-14-22-16(15-5-6-17-18(11-15)32-13-31-17)12-21(30)24-23(22)29(27-14)20-8-7-19(25-26-20)28-9-3-2-4-10-28/h5-8,11,16H,2-4,9-10,12-13H2,1H3,(H,24,30)/t16-/m0/s1. The average Bonchev–Trinajstić information content (AvgIpc) is 3.43. The van der Waals surface area contributed by atoms with E-state index in [0.29, 0.717) is 23.8 Å². The van der Waals surface area contributed by atoms with Gasteiger partial charge in [0.25, 0.3) is 0 Å². The number of aromatic nitrogens is 4. The van der Waals surface area contributed by atoms with Crippen molar-refractivity contribution in [1.82, 2.24) is 20.0 Å². The second kappa shape index (κ2) is 7.51. The van der Waals surface area contributed by atoms with Crippen LogP contribution >= 0.6 is 0 Å². The molecule has 1 atom stereocenters. The summed E-state index contributed by atoms with van der Waals surface area (Å²) in [5.74, 6) is 3.38. The molecule has 1 fully saturated rings. The molecule has 1 N–H and O–H groups in total. The van der Waals surface area contributed by atoms with Gasteiger partial charge in [0, 0.05) is 31.0 Å². The Balaban J connectivity index is 1.37. The number of anilines is 2. The number of piperidine rings is 1. The van der Waals surface area contributed by atoms with Crippen LogP contribution in [0.5, 0.6) is 11.5 Å². The number of rotatable bonds is 3. The van der Waals surface area contributed by atoms with Crippen LogP contribution in [0.4, 0.5) is 11.6 Å². The van der Waals surface area contributed by atoms with Gasteiger partial charge in [-0.15, -0.1) is 10.2 Å². The fourth-order valence-electron chi connectivity index (χ4n) is 4.85. The number of aryl methyl sites for hydroxylation is 1. The van der Waals surface area contributed by atoms with Gasteiger partial charge in [-0.1, -0.05) is 6.07 Å². The zero-order valence-corrected chi connectivity index (χ0v) is 17.9. The average molecular weight is 432 g/mol. The summed E-state index contributed by atoms with van der Waals surface area (Å²) >= 11 is 0. The number of nitrogens with one attached hydrogen (secondary N) is 1. The predicted octanol–water partition coefficient (Wildman–Crippen LogP) is 3.16. The molecule has 1 saturated heterocycles. The number of fused-ring (bicyclic) bond motifs is 2. The van der Waals surface area contributed by atoms with Crippen LogP contribution in [0.25, 0.3) is 5.82 Å². The summed E-state index contributed by atoms with van der Waals surface area (Å²) in [7, 11) is 0. The van der Waals surface area contributed by atoms with Gasteiger partial charge >= 0.3 is 0 Å². The summed E-state index contributed by atoms with van der Waals surface area (Å²) in [6.07, 6.45) is 3.98. The summed E-state index contributed by atoms with van der Waals surface area (Å²) in [6, 6.07) is 9.75. The Hall–Kier alpha value is -3.62. The number of hydrogen-bond acceptors (Lipinski definition) is 7. The van der Waals surface area contributed by atoms with Crippen molar-refractivity contribution in [3.8, 4) is 17.3 Å². The van der Waals surface area contributed by atoms with E-state index in [1.54, 1.807) is 4.68 Å². The van der Waals surface area contributed by atoms with Crippen molar-refractivity contribution in [2.45, 2.75) is 38.5 Å². The number of ether oxygens (including phenoxy) is 2. The Bertz CT molecular complexity index is 1180. The largest absolute Gasteiger partial charge is 0.454 e. The fraction of sp³-hybridized carbons (Fsp3) is 0.391. The van der Waals surface area contributed by atoms with Crippen LogP contribution in [-0.2, 0) is 4.79 Å². The molecule has 0 bridgehead atoms. The van der Waals surface area contributed by atoms with Crippen molar-refractivity contribution in [2.75, 3.05) is 30.1 Å². The first-order chi connectivity index (χ1) is 15.7. The Morgan fingerprint density at radius 1 is 1.00 bits per heavy atom. The normalized spacial score (nSPS) is 19.6. The summed E-state index contributed by atoms with van der Waals surface area (Å²) in [5, 5.41) is 16.6. The van der Waals surface area contributed by atoms with E-state index in [9.17, 15) is 4.79 Å². The zero-order valence-electron chi connectivity index (χ0n) is 17.9. The van der Waals surface area contributed by atoms with Gasteiger partial charge in [-0.25, -0.2) is 0 Å². The number of amides is 1. The second-order valence-corrected chi connectivity index (χ2v) is 8.47. The monoisotopic (exact) mass is 432 g/mol. The third-order valence-electron chi connectivity index (χ3n) is 6.43. The number of carbonyl (C=O) groups excluding carboxylic acids is 1. The molecule has 32 heavy (non-hydrogen) atoms. The molecule has 3 aliphatic rings. The molecule has 2 aromatic heterocycles. The lowest BCUT2D eigenvalue weighted by Crippen LogP contribution is -2.30. The van der Waals surface area contributed by atoms with Crippen LogP contribution in [0, 0.1) is 6.92 Å². The third kappa shape index (κ3) is 3.16. The van der Waals surface area contributed by atoms with E-state index in [1.165, 1.54) is 19.3 Å². The van der Waals surface area contributed by atoms with Crippen LogP contribution in [0.3, 0.4) is 0 Å². The van der Waals surface area contributed by atoms with E-state index < -0.39 is 0 Å². The maximum Gasteiger partial charge on any atom is 0.231 e. The van der Waals surface area contributed by atoms with Crippen LogP contribution in [0.15, 0.2) is 30.3 Å². The first-order valence-corrected chi connectivity index (χ1v) is 11.1. The number of benzene rings is 1. The second-order valence-electron chi connectivity index (χ2n) is 8.47. The van der Waals surface area contributed by atoms with Crippen molar-refractivity contribution in [3.05, 3.63) is 47.2 Å². The van der Waals surface area contributed by atoms with E-state index in [0.717, 1.165) is 41.5 Å². The maximum absolute atomic E-state index is 12.6. The summed E-state index contributed by atoms with van der Waals surface area (Å²) < 4.78 is 12.7. The fourth-order valence-corrected chi connectivity index (χ4v) is 4.85. The Morgan fingerprint density at radius 2 is 1.78 bits per heavy atom. The minimum Gasteiger partial charge on any atom is -0.454 e. The highest BCUT2D eigenvalue weighted by Crippen LogP contribution is 2.43. The van der Waals surface area contributed by atoms with E-state index in [1.807, 2.05) is 37.3 Å². The summed E-state index contributed by atoms with van der Waals surface area (Å²) in [6.45, 7) is 4.20. The molecular weight excluding hydrogens is 408 g/mol. The van der Waals surface area contributed by atoms with Crippen molar-refractivity contribution in [3.63, 3.8) is 0 Å². The Morgan fingerprint density at radius 3 is 2.59 bits per heavy atom. The molecule has 5 heterocycles. The van der Waals surface area contributed by atoms with Gasteiger partial charge in [0.15, 0.2) is 23.1 Å². The van der Waals surface area contributed by atoms with Crippen LogP contribution in [0.1, 0.15) is 48.4 Å². The smallest absolute Gasteiger partial charge is 0.231 e. The van der Waals surface area contributed by atoms with Crippen LogP contribution < -0.4 is 19.7 Å². The molecule has 0 saturated carbocycles. The highest BCUT2D eigenvalue weighted by Gasteiger charge is 2.33. The van der Waals surface area contributed by atoms with E-state index in [-0.39, 0.29) is 18.6 Å².